The zero-order valence-corrected chi connectivity index (χ0v) is 17.8. The second-order valence-corrected chi connectivity index (χ2v) is 7.22. The average molecular weight is 425 g/mol. The molecule has 0 radical (unpaired) electrons. The molecular formula is C25H23N5O2. The van der Waals surface area contributed by atoms with Crippen molar-refractivity contribution >= 4 is 40.7 Å². The fraction of sp³-hybridized carbons (Fsp3) is 0.0800. The fourth-order valence-corrected chi connectivity index (χ4v) is 2.99. The van der Waals surface area contributed by atoms with E-state index >= 15 is 0 Å². The number of amides is 1. The Hall–Kier alpha value is -4.39. The van der Waals surface area contributed by atoms with Crippen molar-refractivity contribution in [3.63, 3.8) is 0 Å². The van der Waals surface area contributed by atoms with Crippen molar-refractivity contribution in [2.24, 2.45) is 0 Å². The van der Waals surface area contributed by atoms with E-state index in [0.29, 0.717) is 28.9 Å². The Morgan fingerprint density at radius 2 is 1.44 bits per heavy atom. The second kappa shape index (κ2) is 9.61. The molecule has 2 heterocycles. The van der Waals surface area contributed by atoms with E-state index in [1.165, 1.54) is 11.6 Å². The van der Waals surface area contributed by atoms with Crippen molar-refractivity contribution in [3.8, 4) is 0 Å². The smallest absolute Gasteiger partial charge is 0.248 e. The van der Waals surface area contributed by atoms with Gasteiger partial charge in [-0.15, -0.1) is 0 Å². The van der Waals surface area contributed by atoms with E-state index in [4.69, 9.17) is 4.42 Å². The molecule has 160 valence electrons. The lowest BCUT2D eigenvalue weighted by atomic mass is 10.2. The molecule has 4 rings (SSSR count). The number of rotatable bonds is 7. The number of anilines is 5. The molecule has 2 aromatic heterocycles. The van der Waals surface area contributed by atoms with Crippen molar-refractivity contribution in [3.05, 3.63) is 96.2 Å². The summed E-state index contributed by atoms with van der Waals surface area (Å²) >= 11 is 0. The summed E-state index contributed by atoms with van der Waals surface area (Å²) in [6.45, 7) is 3.90. The highest BCUT2D eigenvalue weighted by Crippen LogP contribution is 2.22. The minimum Gasteiger partial charge on any atom is -0.465 e. The maximum Gasteiger partial charge on any atom is 0.248 e. The molecule has 0 saturated heterocycles. The van der Waals surface area contributed by atoms with Crippen molar-refractivity contribution in [1.29, 1.82) is 0 Å². The SMILES string of the molecule is Cc1ccc(Nc2cc(Nc3ccc(NC(=O)/C=C/c4ccco4)cc3)nc(C)n2)cc1. The van der Waals surface area contributed by atoms with E-state index in [1.807, 2.05) is 61.5 Å². The van der Waals surface area contributed by atoms with Crippen LogP contribution in [-0.4, -0.2) is 15.9 Å². The highest BCUT2D eigenvalue weighted by molar-refractivity contribution is 6.01. The van der Waals surface area contributed by atoms with Gasteiger partial charge in [-0.05, 0) is 68.5 Å². The van der Waals surface area contributed by atoms with Gasteiger partial charge in [0.25, 0.3) is 0 Å². The molecule has 0 aliphatic rings. The summed E-state index contributed by atoms with van der Waals surface area (Å²) in [6.07, 6.45) is 4.60. The van der Waals surface area contributed by atoms with Gasteiger partial charge in [0, 0.05) is 29.2 Å². The van der Waals surface area contributed by atoms with E-state index in [2.05, 4.69) is 32.8 Å². The van der Waals surface area contributed by atoms with Gasteiger partial charge in [-0.25, -0.2) is 9.97 Å². The van der Waals surface area contributed by atoms with Gasteiger partial charge >= 0.3 is 0 Å². The zero-order chi connectivity index (χ0) is 22.3. The van der Waals surface area contributed by atoms with Crippen molar-refractivity contribution < 1.29 is 9.21 Å². The molecular weight excluding hydrogens is 402 g/mol. The van der Waals surface area contributed by atoms with E-state index in [-0.39, 0.29) is 5.91 Å². The molecule has 7 heteroatoms. The maximum absolute atomic E-state index is 12.0. The summed E-state index contributed by atoms with van der Waals surface area (Å²) in [4.78, 5) is 21.0. The highest BCUT2D eigenvalue weighted by Gasteiger charge is 2.05. The number of carbonyl (C=O) groups excluding carboxylic acids is 1. The quantitative estimate of drug-likeness (QED) is 0.323. The Balaban J connectivity index is 1.39. The topological polar surface area (TPSA) is 92.1 Å². The number of hydrogen-bond donors (Lipinski definition) is 3. The lowest BCUT2D eigenvalue weighted by Crippen LogP contribution is -2.07. The molecule has 0 spiro atoms. The Labute approximate surface area is 186 Å². The van der Waals surface area contributed by atoms with Crippen LogP contribution in [0.15, 0.2) is 83.5 Å². The molecule has 2 aromatic carbocycles. The number of aryl methyl sites for hydroxylation is 2. The molecule has 0 unspecified atom stereocenters. The summed E-state index contributed by atoms with van der Waals surface area (Å²) < 4.78 is 5.17. The molecule has 3 N–H and O–H groups in total. The van der Waals surface area contributed by atoms with E-state index in [1.54, 1.807) is 24.5 Å². The summed E-state index contributed by atoms with van der Waals surface area (Å²) in [7, 11) is 0. The summed E-state index contributed by atoms with van der Waals surface area (Å²) in [5.74, 6) is 2.41. The third-order valence-corrected chi connectivity index (χ3v) is 4.53. The number of carbonyl (C=O) groups is 1. The Kier molecular flexibility index (Phi) is 6.27. The largest absolute Gasteiger partial charge is 0.465 e. The minimum atomic E-state index is -0.236. The molecule has 7 nitrogen and oxygen atoms in total. The van der Waals surface area contributed by atoms with Crippen molar-refractivity contribution in [2.45, 2.75) is 13.8 Å². The first-order valence-corrected chi connectivity index (χ1v) is 10.1. The number of nitrogens with one attached hydrogen (secondary N) is 3. The zero-order valence-electron chi connectivity index (χ0n) is 17.8. The van der Waals surface area contributed by atoms with Crippen LogP contribution in [0.4, 0.5) is 28.7 Å². The molecule has 32 heavy (non-hydrogen) atoms. The van der Waals surface area contributed by atoms with Crippen LogP contribution in [0, 0.1) is 13.8 Å². The minimum absolute atomic E-state index is 0.236. The van der Waals surface area contributed by atoms with Crippen LogP contribution in [0.2, 0.25) is 0 Å². The van der Waals surface area contributed by atoms with Gasteiger partial charge in [0.2, 0.25) is 5.91 Å². The van der Waals surface area contributed by atoms with Crippen LogP contribution in [0.1, 0.15) is 17.1 Å². The van der Waals surface area contributed by atoms with Crippen molar-refractivity contribution in [1.82, 2.24) is 9.97 Å². The number of hydrogen-bond acceptors (Lipinski definition) is 6. The molecule has 0 bridgehead atoms. The van der Waals surface area contributed by atoms with Gasteiger partial charge in [0.05, 0.1) is 6.26 Å². The van der Waals surface area contributed by atoms with Crippen molar-refractivity contribution in [2.75, 3.05) is 16.0 Å². The Morgan fingerprint density at radius 3 is 2.03 bits per heavy atom. The van der Waals surface area contributed by atoms with Gasteiger partial charge in [-0.2, -0.15) is 0 Å². The first-order chi connectivity index (χ1) is 15.5. The predicted molar refractivity (Wildman–Crippen MR) is 127 cm³/mol. The Bertz CT molecular complexity index is 1210. The second-order valence-electron chi connectivity index (χ2n) is 7.22. The van der Waals surface area contributed by atoms with Gasteiger partial charge < -0.3 is 20.4 Å². The van der Waals surface area contributed by atoms with Gasteiger partial charge in [0.1, 0.15) is 23.2 Å². The standard InChI is InChI=1S/C25H23N5O2/c1-17-5-7-19(8-6-17)28-23-16-24(27-18(2)26-23)29-20-9-11-21(12-10-20)30-25(31)14-13-22-4-3-15-32-22/h3-16H,1-2H3,(H,30,31)(H2,26,27,28,29)/b14-13+. The maximum atomic E-state index is 12.0. The van der Waals surface area contributed by atoms with Crippen LogP contribution < -0.4 is 16.0 Å². The van der Waals surface area contributed by atoms with Crippen LogP contribution in [-0.2, 0) is 4.79 Å². The highest BCUT2D eigenvalue weighted by atomic mass is 16.3. The molecule has 0 saturated carbocycles. The average Bonchev–Trinajstić information content (AvgIpc) is 3.29. The monoisotopic (exact) mass is 425 g/mol. The lowest BCUT2D eigenvalue weighted by Gasteiger charge is -2.11. The molecule has 0 aliphatic heterocycles. The van der Waals surface area contributed by atoms with Crippen LogP contribution in [0.5, 0.6) is 0 Å². The molecule has 4 aromatic rings. The molecule has 0 atom stereocenters. The summed E-state index contributed by atoms with van der Waals surface area (Å²) in [5, 5.41) is 9.39. The summed E-state index contributed by atoms with van der Waals surface area (Å²) in [5.41, 5.74) is 3.68. The first kappa shape index (κ1) is 20.9. The number of benzene rings is 2. The van der Waals surface area contributed by atoms with Gasteiger partial charge in [0.15, 0.2) is 0 Å². The summed E-state index contributed by atoms with van der Waals surface area (Å²) in [6, 6.07) is 20.9. The van der Waals surface area contributed by atoms with E-state index < -0.39 is 0 Å². The number of furan rings is 1. The van der Waals surface area contributed by atoms with Crippen LogP contribution in [0.3, 0.4) is 0 Å². The van der Waals surface area contributed by atoms with Gasteiger partial charge in [-0.3, -0.25) is 4.79 Å². The normalized spacial score (nSPS) is 10.8. The Morgan fingerprint density at radius 1 is 0.844 bits per heavy atom. The van der Waals surface area contributed by atoms with Crippen LogP contribution in [0.25, 0.3) is 6.08 Å². The number of nitrogens with zero attached hydrogens (tertiary/aromatic N) is 2. The third kappa shape index (κ3) is 5.82. The lowest BCUT2D eigenvalue weighted by molar-refractivity contribution is -0.111. The fourth-order valence-electron chi connectivity index (χ4n) is 2.99. The molecule has 0 aliphatic carbocycles. The predicted octanol–water partition coefficient (Wildman–Crippen LogP) is 5.83. The van der Waals surface area contributed by atoms with Crippen LogP contribution >= 0.6 is 0 Å². The molecule has 1 amide bonds. The van der Waals surface area contributed by atoms with E-state index in [0.717, 1.165) is 11.4 Å². The number of aromatic nitrogens is 2. The van der Waals surface area contributed by atoms with E-state index in [9.17, 15) is 4.79 Å². The van der Waals surface area contributed by atoms with Gasteiger partial charge in [-0.1, -0.05) is 17.7 Å². The first-order valence-electron chi connectivity index (χ1n) is 10.1. The molecule has 0 fully saturated rings. The third-order valence-electron chi connectivity index (χ3n) is 4.53.